The molecule has 132 valence electrons. The zero-order valence-electron chi connectivity index (χ0n) is 13.9. The van der Waals surface area contributed by atoms with E-state index in [-0.39, 0.29) is 22.8 Å². The van der Waals surface area contributed by atoms with Crippen molar-refractivity contribution in [2.24, 2.45) is 5.73 Å². The number of fused-ring (bicyclic) bond motifs is 2. The molecule has 0 aliphatic carbocycles. The minimum atomic E-state index is -3.02. The number of aromatic nitrogens is 1. The maximum absolute atomic E-state index is 11.5. The number of nitriles is 1. The van der Waals surface area contributed by atoms with E-state index in [4.69, 9.17) is 18.0 Å². The SMILES string of the molecule is CS(=O)(=O)CCN1[C@@H]2C=C[C@H]1CC(C#N)(c1cncc(C(N)=S)c1)C2. The molecule has 2 bridgehead atoms. The van der Waals surface area contributed by atoms with E-state index in [9.17, 15) is 13.7 Å². The average Bonchev–Trinajstić information content (AvgIpc) is 2.81. The molecular weight excluding hydrogens is 356 g/mol. The van der Waals surface area contributed by atoms with Crippen LogP contribution in [0.2, 0.25) is 0 Å². The van der Waals surface area contributed by atoms with Gasteiger partial charge in [0.2, 0.25) is 0 Å². The van der Waals surface area contributed by atoms with Crippen molar-refractivity contribution in [2.75, 3.05) is 18.6 Å². The number of thiocarbonyl (C=S) groups is 1. The molecule has 3 atom stereocenters. The van der Waals surface area contributed by atoms with Crippen LogP contribution in [-0.4, -0.2) is 53.9 Å². The van der Waals surface area contributed by atoms with Crippen molar-refractivity contribution < 1.29 is 8.42 Å². The minimum absolute atomic E-state index is 0.0497. The molecule has 2 N–H and O–H groups in total. The lowest BCUT2D eigenvalue weighted by Gasteiger charge is -2.43. The van der Waals surface area contributed by atoms with Gasteiger partial charge in [-0.05, 0) is 24.5 Å². The maximum Gasteiger partial charge on any atom is 0.148 e. The predicted octanol–water partition coefficient (Wildman–Crippen LogP) is 0.925. The van der Waals surface area contributed by atoms with E-state index in [1.807, 2.05) is 6.07 Å². The molecule has 8 heteroatoms. The normalized spacial score (nSPS) is 28.6. The van der Waals surface area contributed by atoms with Gasteiger partial charge in [-0.25, -0.2) is 8.42 Å². The van der Waals surface area contributed by atoms with E-state index in [2.05, 4.69) is 28.1 Å². The molecule has 0 aromatic carbocycles. The fourth-order valence-electron chi connectivity index (χ4n) is 3.72. The Balaban J connectivity index is 1.86. The predicted molar refractivity (Wildman–Crippen MR) is 99.8 cm³/mol. The van der Waals surface area contributed by atoms with Crippen LogP contribution in [0.25, 0.3) is 0 Å². The molecule has 3 heterocycles. The third-order valence-electron chi connectivity index (χ3n) is 5.03. The number of sulfone groups is 1. The van der Waals surface area contributed by atoms with E-state index in [1.165, 1.54) is 6.26 Å². The van der Waals surface area contributed by atoms with Gasteiger partial charge < -0.3 is 5.73 Å². The van der Waals surface area contributed by atoms with Crippen molar-refractivity contribution in [3.05, 3.63) is 41.7 Å². The van der Waals surface area contributed by atoms with Gasteiger partial charge >= 0.3 is 0 Å². The largest absolute Gasteiger partial charge is 0.389 e. The lowest BCUT2D eigenvalue weighted by Crippen LogP contribution is -2.51. The Labute approximate surface area is 153 Å². The van der Waals surface area contributed by atoms with Crippen molar-refractivity contribution in [2.45, 2.75) is 30.3 Å². The van der Waals surface area contributed by atoms with Gasteiger partial charge in [-0.2, -0.15) is 5.26 Å². The van der Waals surface area contributed by atoms with Crippen LogP contribution in [0, 0.1) is 11.3 Å². The van der Waals surface area contributed by atoms with E-state index in [0.717, 1.165) is 5.56 Å². The van der Waals surface area contributed by atoms with Gasteiger partial charge in [0.1, 0.15) is 14.8 Å². The molecule has 1 unspecified atom stereocenters. The minimum Gasteiger partial charge on any atom is -0.389 e. The second-order valence-corrected chi connectivity index (χ2v) is 9.52. The fourth-order valence-corrected chi connectivity index (χ4v) is 4.38. The molecule has 1 aromatic rings. The molecule has 2 aliphatic rings. The highest BCUT2D eigenvalue weighted by Crippen LogP contribution is 2.44. The Bertz CT molecular complexity index is 857. The van der Waals surface area contributed by atoms with E-state index < -0.39 is 15.3 Å². The third-order valence-corrected chi connectivity index (χ3v) is 6.19. The van der Waals surface area contributed by atoms with Crippen LogP contribution in [0.3, 0.4) is 0 Å². The second-order valence-electron chi connectivity index (χ2n) is 6.82. The molecule has 1 saturated heterocycles. The zero-order valence-corrected chi connectivity index (χ0v) is 15.6. The van der Waals surface area contributed by atoms with Gasteiger partial charge in [-0.1, -0.05) is 24.4 Å². The first-order valence-corrected chi connectivity index (χ1v) is 10.5. The summed E-state index contributed by atoms with van der Waals surface area (Å²) >= 11 is 5.02. The first-order chi connectivity index (χ1) is 11.7. The lowest BCUT2D eigenvalue weighted by atomic mass is 9.71. The Morgan fingerprint density at radius 2 is 2.08 bits per heavy atom. The lowest BCUT2D eigenvalue weighted by molar-refractivity contribution is 0.126. The molecule has 0 amide bonds. The number of pyridine rings is 1. The van der Waals surface area contributed by atoms with Crippen LogP contribution in [0.15, 0.2) is 30.6 Å². The average molecular weight is 377 g/mol. The van der Waals surface area contributed by atoms with Gasteiger partial charge in [0.15, 0.2) is 0 Å². The summed E-state index contributed by atoms with van der Waals surface area (Å²) in [6.07, 6.45) is 9.92. The van der Waals surface area contributed by atoms with Crippen LogP contribution in [0.1, 0.15) is 24.0 Å². The van der Waals surface area contributed by atoms with Crippen molar-refractivity contribution in [3.63, 3.8) is 0 Å². The molecule has 2 aliphatic heterocycles. The van der Waals surface area contributed by atoms with Gasteiger partial charge in [-0.3, -0.25) is 9.88 Å². The van der Waals surface area contributed by atoms with Crippen molar-refractivity contribution >= 4 is 27.0 Å². The summed E-state index contributed by atoms with van der Waals surface area (Å²) in [6.45, 7) is 0.480. The topological polar surface area (TPSA) is 100 Å². The number of nitrogens with two attached hydrogens (primary N) is 1. The summed E-state index contributed by atoms with van der Waals surface area (Å²) in [7, 11) is -3.02. The summed E-state index contributed by atoms with van der Waals surface area (Å²) in [5.41, 5.74) is 6.50. The quantitative estimate of drug-likeness (QED) is 0.602. The molecule has 0 saturated carbocycles. The van der Waals surface area contributed by atoms with Crippen LogP contribution in [-0.2, 0) is 15.3 Å². The van der Waals surface area contributed by atoms with Gasteiger partial charge in [0.25, 0.3) is 0 Å². The summed E-state index contributed by atoms with van der Waals surface area (Å²) in [5.74, 6) is 0.125. The van der Waals surface area contributed by atoms with Gasteiger partial charge in [-0.15, -0.1) is 0 Å². The van der Waals surface area contributed by atoms with E-state index in [0.29, 0.717) is 24.9 Å². The first kappa shape index (κ1) is 18.0. The van der Waals surface area contributed by atoms with Crippen molar-refractivity contribution in [1.29, 1.82) is 5.26 Å². The van der Waals surface area contributed by atoms with Crippen LogP contribution < -0.4 is 5.73 Å². The zero-order chi connectivity index (χ0) is 18.2. The highest BCUT2D eigenvalue weighted by Gasteiger charge is 2.47. The third kappa shape index (κ3) is 3.59. The summed E-state index contributed by atoms with van der Waals surface area (Å²) in [6, 6.07) is 4.44. The fraction of sp³-hybridized carbons (Fsp3) is 0.471. The van der Waals surface area contributed by atoms with E-state index in [1.54, 1.807) is 12.4 Å². The summed E-state index contributed by atoms with van der Waals surface area (Å²) < 4.78 is 23.0. The second kappa shape index (κ2) is 6.48. The molecule has 25 heavy (non-hydrogen) atoms. The Morgan fingerprint density at radius 1 is 1.44 bits per heavy atom. The number of piperidine rings is 1. The van der Waals surface area contributed by atoms with Crippen LogP contribution in [0.4, 0.5) is 0 Å². The summed E-state index contributed by atoms with van der Waals surface area (Å²) in [5, 5.41) is 9.95. The number of hydrogen-bond donors (Lipinski definition) is 1. The molecule has 0 spiro atoms. The van der Waals surface area contributed by atoms with Crippen LogP contribution >= 0.6 is 12.2 Å². The Hall–Kier alpha value is -1.82. The molecule has 0 radical (unpaired) electrons. The molecule has 1 aromatic heterocycles. The monoisotopic (exact) mass is 376 g/mol. The molecule has 6 nitrogen and oxygen atoms in total. The Morgan fingerprint density at radius 3 is 2.60 bits per heavy atom. The van der Waals surface area contributed by atoms with E-state index >= 15 is 0 Å². The first-order valence-electron chi connectivity index (χ1n) is 8.02. The maximum atomic E-state index is 11.5. The molecular formula is C17H20N4O2S2. The molecule has 1 fully saturated rings. The van der Waals surface area contributed by atoms with Crippen LogP contribution in [0.5, 0.6) is 0 Å². The highest BCUT2D eigenvalue weighted by molar-refractivity contribution is 7.90. The number of hydrogen-bond acceptors (Lipinski definition) is 6. The van der Waals surface area contributed by atoms with Crippen molar-refractivity contribution in [1.82, 2.24) is 9.88 Å². The van der Waals surface area contributed by atoms with Gasteiger partial charge in [0.05, 0.1) is 17.2 Å². The Kier molecular flexibility index (Phi) is 4.66. The number of nitrogens with zero attached hydrogens (tertiary/aromatic N) is 3. The standard InChI is InChI=1S/C17H20N4O2S2/c1-25(22,23)5-4-21-14-2-3-15(21)8-17(7-14,11-18)13-6-12(16(19)24)9-20-10-13/h2-3,6,9-10,14-15H,4-5,7-8H2,1H3,(H2,19,24)/t14-,15+,17?. The highest BCUT2D eigenvalue weighted by atomic mass is 32.2. The molecule has 3 rings (SSSR count). The summed E-state index contributed by atoms with van der Waals surface area (Å²) in [4.78, 5) is 6.63. The van der Waals surface area contributed by atoms with Gasteiger partial charge in [0, 0.05) is 42.8 Å². The van der Waals surface area contributed by atoms with Crippen molar-refractivity contribution in [3.8, 4) is 6.07 Å². The number of rotatable bonds is 5. The smallest absolute Gasteiger partial charge is 0.148 e.